The van der Waals surface area contributed by atoms with E-state index in [1.54, 1.807) is 48.5 Å². The Morgan fingerprint density at radius 2 is 1.82 bits per heavy atom. The molecule has 0 saturated heterocycles. The number of unbranched alkanes of at least 4 members (excludes halogenated alkanes) is 1. The molecule has 2 heterocycles. The number of amides is 2. The van der Waals surface area contributed by atoms with Crippen LogP contribution in [0.15, 0.2) is 75.9 Å². The molecule has 0 spiro atoms. The first kappa shape index (κ1) is 42.0. The van der Waals surface area contributed by atoms with E-state index in [1.807, 2.05) is 25.7 Å². The summed E-state index contributed by atoms with van der Waals surface area (Å²) in [5.74, 6) is -1.20. The maximum Gasteiger partial charge on any atom is 0.264 e. The molecular weight excluding hydrogens is 753 g/mol. The highest BCUT2D eigenvalue weighted by Gasteiger charge is 2.29. The summed E-state index contributed by atoms with van der Waals surface area (Å²) in [6.07, 6.45) is 2.25. The summed E-state index contributed by atoms with van der Waals surface area (Å²) in [5, 5.41) is 50.9. The zero-order chi connectivity index (χ0) is 40.2. The maximum absolute atomic E-state index is 13.4. The zero-order valence-corrected chi connectivity index (χ0v) is 31.9. The number of carbonyl (C=O) groups excluding carboxylic acids is 2. The lowest BCUT2D eigenvalue weighted by molar-refractivity contribution is -0.432. The van der Waals surface area contributed by atoms with E-state index < -0.39 is 33.1 Å². The molecule has 0 saturated carbocycles. The van der Waals surface area contributed by atoms with Gasteiger partial charge < -0.3 is 15.5 Å². The van der Waals surface area contributed by atoms with Crippen molar-refractivity contribution in [2.75, 3.05) is 34.4 Å². The van der Waals surface area contributed by atoms with Crippen LogP contribution in [0.1, 0.15) is 68.6 Å². The van der Waals surface area contributed by atoms with Crippen LogP contribution in [-0.4, -0.2) is 63.6 Å². The van der Waals surface area contributed by atoms with Crippen molar-refractivity contribution in [3.05, 3.63) is 77.6 Å². The van der Waals surface area contributed by atoms with Crippen LogP contribution in [0.25, 0.3) is 5.82 Å². The Hall–Kier alpha value is -5.74. The topological polar surface area (TPSA) is 258 Å². The molecule has 288 valence electrons. The highest BCUT2D eigenvalue weighted by atomic mass is 32.2. The standard InChI is InChI=1S/C35H38N10O8S2/c1-23(46)39-30-21-25(44(18-9-15-36)17-5-6-19-55(49,50)51)13-14-28(30)41-42-32-27(22-37)31(35(2,3)4)43-45(32)33-29(12-8-16-38-33)40-34(47)24-10-7-11-26(20-24)54-53-52-48/h7-8,10-14,16,20-21,48H,5-6,9,17-19H2,1-4H3,(H,39,46)(H,40,47)(H,49,50,51). The van der Waals surface area contributed by atoms with Gasteiger partial charge in [0.25, 0.3) is 16.0 Å². The van der Waals surface area contributed by atoms with Crippen molar-refractivity contribution < 1.29 is 37.2 Å². The largest absolute Gasteiger partial charge is 0.370 e. The van der Waals surface area contributed by atoms with Gasteiger partial charge in [-0.05, 0) is 61.4 Å². The smallest absolute Gasteiger partial charge is 0.264 e. The van der Waals surface area contributed by atoms with Crippen molar-refractivity contribution in [3.63, 3.8) is 0 Å². The van der Waals surface area contributed by atoms with E-state index in [1.165, 1.54) is 23.9 Å². The van der Waals surface area contributed by atoms with E-state index in [2.05, 4.69) is 47.4 Å². The predicted octanol–water partition coefficient (Wildman–Crippen LogP) is 6.88. The molecule has 2 aromatic heterocycles. The molecule has 18 nitrogen and oxygen atoms in total. The van der Waals surface area contributed by atoms with Crippen LogP contribution in [0, 0.1) is 22.7 Å². The third-order valence-corrected chi connectivity index (χ3v) is 9.04. The number of carbonyl (C=O) groups is 2. The first-order valence-electron chi connectivity index (χ1n) is 16.6. The number of nitrogens with one attached hydrogen (secondary N) is 2. The van der Waals surface area contributed by atoms with Gasteiger partial charge in [0, 0.05) is 47.8 Å². The second-order valence-corrected chi connectivity index (χ2v) is 15.2. The van der Waals surface area contributed by atoms with E-state index in [0.29, 0.717) is 47.8 Å². The van der Waals surface area contributed by atoms with Gasteiger partial charge in [0.2, 0.25) is 5.91 Å². The molecule has 0 aliphatic carbocycles. The molecule has 0 atom stereocenters. The fourth-order valence-corrected chi connectivity index (χ4v) is 6.21. The summed E-state index contributed by atoms with van der Waals surface area (Å²) in [4.78, 5) is 32.5. The summed E-state index contributed by atoms with van der Waals surface area (Å²) >= 11 is 0.691. The average molecular weight is 791 g/mol. The molecule has 0 fully saturated rings. The van der Waals surface area contributed by atoms with Crippen LogP contribution in [0.2, 0.25) is 0 Å². The third-order valence-electron chi connectivity index (χ3n) is 7.66. The van der Waals surface area contributed by atoms with Gasteiger partial charge >= 0.3 is 0 Å². The van der Waals surface area contributed by atoms with Gasteiger partial charge in [0.1, 0.15) is 17.3 Å². The maximum atomic E-state index is 13.4. The van der Waals surface area contributed by atoms with E-state index in [-0.39, 0.29) is 52.7 Å². The molecule has 4 N–H and O–H groups in total. The van der Waals surface area contributed by atoms with Crippen LogP contribution in [-0.2, 0) is 29.7 Å². The van der Waals surface area contributed by atoms with Crippen LogP contribution < -0.4 is 15.5 Å². The Morgan fingerprint density at radius 3 is 2.49 bits per heavy atom. The number of hydrogen-bond donors (Lipinski definition) is 4. The normalized spacial score (nSPS) is 11.6. The first-order valence-corrected chi connectivity index (χ1v) is 19.0. The van der Waals surface area contributed by atoms with E-state index in [9.17, 15) is 28.5 Å². The molecule has 0 radical (unpaired) electrons. The number of hydrogen-bond acceptors (Lipinski definition) is 15. The minimum atomic E-state index is -4.12. The Kier molecular flexibility index (Phi) is 14.5. The van der Waals surface area contributed by atoms with Crippen LogP contribution in [0.5, 0.6) is 0 Å². The van der Waals surface area contributed by atoms with E-state index >= 15 is 0 Å². The molecule has 4 aromatic rings. The Labute approximate surface area is 321 Å². The molecule has 55 heavy (non-hydrogen) atoms. The van der Waals surface area contributed by atoms with Crippen LogP contribution in [0.4, 0.5) is 28.6 Å². The summed E-state index contributed by atoms with van der Waals surface area (Å²) in [6, 6.07) is 18.7. The number of nitriles is 2. The molecular formula is C35H38N10O8S2. The molecule has 4 rings (SSSR count). The lowest BCUT2D eigenvalue weighted by atomic mass is 9.90. The molecule has 0 aliphatic rings. The lowest BCUT2D eigenvalue weighted by Crippen LogP contribution is -2.26. The fraction of sp³-hybridized carbons (Fsp3) is 0.314. The van der Waals surface area contributed by atoms with Gasteiger partial charge in [0.15, 0.2) is 11.6 Å². The monoisotopic (exact) mass is 790 g/mol. The average Bonchev–Trinajstić information content (AvgIpc) is 3.52. The second-order valence-electron chi connectivity index (χ2n) is 12.9. The SMILES string of the molecule is CC(=O)Nc1cc(N(CCC#N)CCCCS(=O)(=O)O)ccc1N=Nc1c(C#N)c(C(C)(C)C)nn1-c1ncccc1NC(=O)c1cccc(SOOO)c1. The number of azo groups is 1. The van der Waals surface area contributed by atoms with Gasteiger partial charge in [-0.15, -0.1) is 14.6 Å². The minimum absolute atomic E-state index is 0.00601. The quantitative estimate of drug-likeness (QED) is 0.0212. The Morgan fingerprint density at radius 1 is 1.04 bits per heavy atom. The van der Waals surface area contributed by atoms with Gasteiger partial charge in [-0.25, -0.2) is 10.2 Å². The number of nitrogens with zero attached hydrogens (tertiary/aromatic N) is 8. The van der Waals surface area contributed by atoms with Crippen molar-refractivity contribution in [1.29, 1.82) is 10.5 Å². The molecule has 0 unspecified atom stereocenters. The van der Waals surface area contributed by atoms with Crippen LogP contribution in [0.3, 0.4) is 0 Å². The van der Waals surface area contributed by atoms with Crippen molar-refractivity contribution in [1.82, 2.24) is 14.8 Å². The van der Waals surface area contributed by atoms with Crippen LogP contribution >= 0.6 is 12.0 Å². The highest BCUT2D eigenvalue weighted by Crippen LogP contribution is 2.37. The number of rotatable bonds is 17. The van der Waals surface area contributed by atoms with Gasteiger partial charge in [-0.2, -0.15) is 28.7 Å². The van der Waals surface area contributed by atoms with Crippen molar-refractivity contribution in [2.45, 2.75) is 57.3 Å². The lowest BCUT2D eigenvalue weighted by Gasteiger charge is -2.24. The zero-order valence-electron chi connectivity index (χ0n) is 30.3. The fourth-order valence-electron chi connectivity index (χ4n) is 5.22. The Balaban J connectivity index is 1.76. The van der Waals surface area contributed by atoms with Gasteiger partial charge in [-0.1, -0.05) is 31.9 Å². The predicted molar refractivity (Wildman–Crippen MR) is 203 cm³/mol. The first-order chi connectivity index (χ1) is 26.1. The Bertz CT molecular complexity index is 2240. The number of anilines is 3. The summed E-state index contributed by atoms with van der Waals surface area (Å²) in [6.45, 7) is 7.59. The van der Waals surface area contributed by atoms with Gasteiger partial charge in [0.05, 0.1) is 47.4 Å². The molecule has 0 aliphatic heterocycles. The van der Waals surface area contributed by atoms with E-state index in [4.69, 9.17) is 14.9 Å². The summed E-state index contributed by atoms with van der Waals surface area (Å²) in [5.41, 5.74) is 1.38. The third kappa shape index (κ3) is 11.9. The molecule has 0 bridgehead atoms. The molecule has 2 amide bonds. The van der Waals surface area contributed by atoms with Crippen molar-refractivity contribution in [2.24, 2.45) is 10.2 Å². The molecule has 20 heteroatoms. The van der Waals surface area contributed by atoms with Crippen molar-refractivity contribution >= 4 is 62.5 Å². The number of aromatic nitrogens is 3. The van der Waals surface area contributed by atoms with E-state index in [0.717, 1.165) is 0 Å². The number of pyridine rings is 1. The second kappa shape index (κ2) is 19.0. The number of benzene rings is 2. The van der Waals surface area contributed by atoms with Gasteiger partial charge in [-0.3, -0.25) is 14.1 Å². The van der Waals surface area contributed by atoms with Crippen molar-refractivity contribution in [3.8, 4) is 18.0 Å². The molecule has 2 aromatic carbocycles. The highest BCUT2D eigenvalue weighted by molar-refractivity contribution is 7.94. The summed E-state index contributed by atoms with van der Waals surface area (Å²) in [7, 11) is -4.12. The minimum Gasteiger partial charge on any atom is -0.370 e. The summed E-state index contributed by atoms with van der Waals surface area (Å²) < 4.78 is 37.3.